The van der Waals surface area contributed by atoms with Crippen molar-refractivity contribution in [3.8, 4) is 11.5 Å². The normalized spacial score (nSPS) is 10.2. The van der Waals surface area contributed by atoms with Crippen LogP contribution in [0.2, 0.25) is 0 Å². The lowest BCUT2D eigenvalue weighted by molar-refractivity contribution is -0.384. The Hall–Kier alpha value is -3.62. The molecule has 2 aromatic rings. The first-order valence-electron chi connectivity index (χ1n) is 8.75. The Bertz CT molecular complexity index is 928. The standard InChI is InChI=1S/C20H23N3O6/c1-13-8-17(28-3)18(29-4)10-15(13)12-22(2)19(24)11-21-20(25)14-6-5-7-16(9-14)23(26)27/h5-10H,11-12H2,1-4H3,(H,21,25). The van der Waals surface area contributed by atoms with Crippen LogP contribution in [0.3, 0.4) is 0 Å². The number of rotatable bonds is 8. The van der Waals surface area contributed by atoms with Crippen molar-refractivity contribution in [1.82, 2.24) is 10.2 Å². The predicted molar refractivity (Wildman–Crippen MR) is 106 cm³/mol. The molecule has 2 aromatic carbocycles. The van der Waals surface area contributed by atoms with Gasteiger partial charge in [0.1, 0.15) is 0 Å². The lowest BCUT2D eigenvalue weighted by Gasteiger charge is -2.20. The van der Waals surface area contributed by atoms with E-state index in [0.29, 0.717) is 18.0 Å². The molecule has 0 fully saturated rings. The second kappa shape index (κ2) is 9.54. The fourth-order valence-corrected chi connectivity index (χ4v) is 2.69. The second-order valence-corrected chi connectivity index (χ2v) is 6.37. The number of aryl methyl sites for hydroxylation is 1. The van der Waals surface area contributed by atoms with Crippen molar-refractivity contribution < 1.29 is 24.0 Å². The van der Waals surface area contributed by atoms with Crippen LogP contribution in [0.1, 0.15) is 21.5 Å². The zero-order chi connectivity index (χ0) is 21.6. The summed E-state index contributed by atoms with van der Waals surface area (Å²) in [4.78, 5) is 36.3. The van der Waals surface area contributed by atoms with Gasteiger partial charge < -0.3 is 19.7 Å². The van der Waals surface area contributed by atoms with Gasteiger partial charge in [0, 0.05) is 31.3 Å². The highest BCUT2D eigenvalue weighted by Gasteiger charge is 2.16. The highest BCUT2D eigenvalue weighted by molar-refractivity contribution is 5.96. The molecule has 0 bridgehead atoms. The monoisotopic (exact) mass is 401 g/mol. The first-order valence-corrected chi connectivity index (χ1v) is 8.75. The molecule has 0 saturated heterocycles. The SMILES string of the molecule is COc1cc(C)c(CN(C)C(=O)CNC(=O)c2cccc([N+](=O)[O-])c2)cc1OC. The molecule has 0 atom stereocenters. The molecule has 0 aliphatic heterocycles. The molecule has 0 aliphatic carbocycles. The third-order valence-electron chi connectivity index (χ3n) is 4.39. The zero-order valence-corrected chi connectivity index (χ0v) is 16.7. The van der Waals surface area contributed by atoms with Gasteiger partial charge in [0.15, 0.2) is 11.5 Å². The third-order valence-corrected chi connectivity index (χ3v) is 4.39. The number of methoxy groups -OCH3 is 2. The number of nitro groups is 1. The average molecular weight is 401 g/mol. The van der Waals surface area contributed by atoms with Gasteiger partial charge in [-0.25, -0.2) is 0 Å². The molecule has 0 heterocycles. The van der Waals surface area contributed by atoms with Gasteiger partial charge in [-0.2, -0.15) is 0 Å². The number of nitrogens with zero attached hydrogens (tertiary/aromatic N) is 2. The zero-order valence-electron chi connectivity index (χ0n) is 16.7. The van der Waals surface area contributed by atoms with Gasteiger partial charge in [-0.3, -0.25) is 19.7 Å². The van der Waals surface area contributed by atoms with Gasteiger partial charge >= 0.3 is 0 Å². The molecule has 0 aliphatic rings. The Morgan fingerprint density at radius 1 is 1.14 bits per heavy atom. The van der Waals surface area contributed by atoms with Crippen LogP contribution in [0.4, 0.5) is 5.69 Å². The summed E-state index contributed by atoms with van der Waals surface area (Å²) in [5.74, 6) is 0.301. The lowest BCUT2D eigenvalue weighted by Crippen LogP contribution is -2.37. The van der Waals surface area contributed by atoms with Crippen molar-refractivity contribution in [1.29, 1.82) is 0 Å². The van der Waals surface area contributed by atoms with E-state index >= 15 is 0 Å². The van der Waals surface area contributed by atoms with Crippen LogP contribution in [-0.4, -0.2) is 49.4 Å². The minimum absolute atomic E-state index is 0.116. The highest BCUT2D eigenvalue weighted by atomic mass is 16.6. The summed E-state index contributed by atoms with van der Waals surface area (Å²) < 4.78 is 10.6. The van der Waals surface area contributed by atoms with E-state index in [1.807, 2.05) is 13.0 Å². The summed E-state index contributed by atoms with van der Waals surface area (Å²) in [6, 6.07) is 8.96. The van der Waals surface area contributed by atoms with Crippen molar-refractivity contribution in [2.24, 2.45) is 0 Å². The van der Waals surface area contributed by atoms with E-state index in [-0.39, 0.29) is 23.7 Å². The van der Waals surface area contributed by atoms with Gasteiger partial charge in [-0.05, 0) is 36.2 Å². The van der Waals surface area contributed by atoms with Crippen LogP contribution < -0.4 is 14.8 Å². The summed E-state index contributed by atoms with van der Waals surface area (Å²) in [5.41, 5.74) is 1.74. The molecule has 0 aromatic heterocycles. The van der Waals surface area contributed by atoms with Crippen molar-refractivity contribution >= 4 is 17.5 Å². The molecule has 1 N–H and O–H groups in total. The Labute approximate surface area is 168 Å². The Kier molecular flexibility index (Phi) is 7.13. The Balaban J connectivity index is 2.00. The number of amides is 2. The number of carbonyl (C=O) groups is 2. The molecule has 2 rings (SSSR count). The summed E-state index contributed by atoms with van der Waals surface area (Å²) >= 11 is 0. The smallest absolute Gasteiger partial charge is 0.270 e. The molecule has 0 saturated carbocycles. The number of hydrogen-bond acceptors (Lipinski definition) is 6. The van der Waals surface area contributed by atoms with E-state index in [4.69, 9.17) is 9.47 Å². The van der Waals surface area contributed by atoms with Gasteiger partial charge in [0.2, 0.25) is 5.91 Å². The van der Waals surface area contributed by atoms with Crippen molar-refractivity contribution in [2.45, 2.75) is 13.5 Å². The van der Waals surface area contributed by atoms with E-state index in [0.717, 1.165) is 17.2 Å². The lowest BCUT2D eigenvalue weighted by atomic mass is 10.1. The van der Waals surface area contributed by atoms with E-state index in [2.05, 4.69) is 5.32 Å². The van der Waals surface area contributed by atoms with Crippen LogP contribution in [0.15, 0.2) is 36.4 Å². The first-order chi connectivity index (χ1) is 13.8. The van der Waals surface area contributed by atoms with Crippen LogP contribution in [0, 0.1) is 17.0 Å². The van der Waals surface area contributed by atoms with Crippen LogP contribution in [0.25, 0.3) is 0 Å². The van der Waals surface area contributed by atoms with Crippen LogP contribution in [0.5, 0.6) is 11.5 Å². The molecule has 2 amide bonds. The molecular weight excluding hydrogens is 378 g/mol. The quantitative estimate of drug-likeness (QED) is 0.537. The maximum Gasteiger partial charge on any atom is 0.270 e. The summed E-state index contributed by atoms with van der Waals surface area (Å²) in [7, 11) is 4.71. The summed E-state index contributed by atoms with van der Waals surface area (Å²) in [6.45, 7) is 1.99. The minimum Gasteiger partial charge on any atom is -0.493 e. The van der Waals surface area contributed by atoms with Crippen LogP contribution in [-0.2, 0) is 11.3 Å². The molecule has 29 heavy (non-hydrogen) atoms. The highest BCUT2D eigenvalue weighted by Crippen LogP contribution is 2.30. The number of likely N-dealkylation sites (N-methyl/N-ethyl adjacent to an activating group) is 1. The van der Waals surface area contributed by atoms with Gasteiger partial charge in [-0.1, -0.05) is 6.07 Å². The van der Waals surface area contributed by atoms with E-state index < -0.39 is 10.8 Å². The van der Waals surface area contributed by atoms with E-state index in [9.17, 15) is 19.7 Å². The van der Waals surface area contributed by atoms with Crippen molar-refractivity contribution in [2.75, 3.05) is 27.8 Å². The average Bonchev–Trinajstić information content (AvgIpc) is 2.72. The van der Waals surface area contributed by atoms with Gasteiger partial charge in [0.25, 0.3) is 11.6 Å². The molecule has 9 nitrogen and oxygen atoms in total. The number of ether oxygens (including phenoxy) is 2. The molecule has 9 heteroatoms. The fourth-order valence-electron chi connectivity index (χ4n) is 2.69. The number of nitro benzene ring substituents is 1. The Morgan fingerprint density at radius 2 is 1.79 bits per heavy atom. The van der Waals surface area contributed by atoms with Crippen molar-refractivity contribution in [3.63, 3.8) is 0 Å². The maximum atomic E-state index is 12.4. The fraction of sp³-hybridized carbons (Fsp3) is 0.300. The molecule has 0 unspecified atom stereocenters. The third kappa shape index (κ3) is 5.44. The first kappa shape index (κ1) is 21.7. The molecule has 0 spiro atoms. The second-order valence-electron chi connectivity index (χ2n) is 6.37. The number of hydrogen-bond donors (Lipinski definition) is 1. The summed E-state index contributed by atoms with van der Waals surface area (Å²) in [5, 5.41) is 13.3. The van der Waals surface area contributed by atoms with Gasteiger partial charge in [-0.15, -0.1) is 0 Å². The minimum atomic E-state index is -0.582. The van der Waals surface area contributed by atoms with Gasteiger partial charge in [0.05, 0.1) is 25.7 Å². The Morgan fingerprint density at radius 3 is 2.41 bits per heavy atom. The molecule has 154 valence electrons. The maximum absolute atomic E-state index is 12.4. The van der Waals surface area contributed by atoms with E-state index in [1.165, 1.54) is 30.2 Å². The topological polar surface area (TPSA) is 111 Å². The number of nitrogens with one attached hydrogen (secondary N) is 1. The van der Waals surface area contributed by atoms with E-state index in [1.54, 1.807) is 20.2 Å². The summed E-state index contributed by atoms with van der Waals surface area (Å²) in [6.07, 6.45) is 0. The number of benzene rings is 2. The largest absolute Gasteiger partial charge is 0.493 e. The molecule has 0 radical (unpaired) electrons. The molecular formula is C20H23N3O6. The van der Waals surface area contributed by atoms with Crippen LogP contribution >= 0.6 is 0 Å². The number of non-ortho nitro benzene ring substituents is 1. The van der Waals surface area contributed by atoms with Crippen molar-refractivity contribution in [3.05, 3.63) is 63.2 Å². The predicted octanol–water partition coefficient (Wildman–Crippen LogP) is 2.31. The number of carbonyl (C=O) groups excluding carboxylic acids is 2.